The fourth-order valence-electron chi connectivity index (χ4n) is 3.00. The van der Waals surface area contributed by atoms with Crippen LogP contribution in [-0.4, -0.2) is 0 Å². The van der Waals surface area contributed by atoms with Crippen LogP contribution in [-0.2, 0) is 6.42 Å². The minimum atomic E-state index is 1.04. The van der Waals surface area contributed by atoms with E-state index in [0.29, 0.717) is 0 Å². The SMILES string of the molecule is C1=Cc2c(-c3ccccc3)ccc3cccc(c23)C1. The Balaban J connectivity index is 2.10. The second-order valence-electron chi connectivity index (χ2n) is 5.01. The summed E-state index contributed by atoms with van der Waals surface area (Å²) in [7, 11) is 0. The summed E-state index contributed by atoms with van der Waals surface area (Å²) in [5.41, 5.74) is 5.43. The summed E-state index contributed by atoms with van der Waals surface area (Å²) >= 11 is 0. The zero-order valence-electron chi connectivity index (χ0n) is 10.6. The number of allylic oxidation sites excluding steroid dienone is 1. The van der Waals surface area contributed by atoms with Crippen LogP contribution in [0.25, 0.3) is 28.0 Å². The lowest BCUT2D eigenvalue weighted by molar-refractivity contribution is 1.29. The molecular formula is C19H14. The summed E-state index contributed by atoms with van der Waals surface area (Å²) in [6, 6.07) is 21.7. The Morgan fingerprint density at radius 1 is 0.737 bits per heavy atom. The van der Waals surface area contributed by atoms with Gasteiger partial charge in [0.25, 0.3) is 0 Å². The molecule has 0 N–H and O–H groups in total. The molecular weight excluding hydrogens is 228 g/mol. The molecule has 0 amide bonds. The summed E-state index contributed by atoms with van der Waals surface area (Å²) < 4.78 is 0. The van der Waals surface area contributed by atoms with Gasteiger partial charge in [0.15, 0.2) is 0 Å². The van der Waals surface area contributed by atoms with Gasteiger partial charge in [0.05, 0.1) is 0 Å². The molecule has 0 heterocycles. The largest absolute Gasteiger partial charge is 0.0795 e. The molecule has 0 unspecified atom stereocenters. The first kappa shape index (κ1) is 10.6. The number of benzene rings is 3. The molecule has 0 saturated heterocycles. The molecule has 0 aromatic heterocycles. The second-order valence-corrected chi connectivity index (χ2v) is 5.01. The Morgan fingerprint density at radius 2 is 1.63 bits per heavy atom. The van der Waals surface area contributed by atoms with Gasteiger partial charge in [-0.1, -0.05) is 72.8 Å². The van der Waals surface area contributed by atoms with E-state index in [4.69, 9.17) is 0 Å². The quantitative estimate of drug-likeness (QED) is 0.558. The Kier molecular flexibility index (Phi) is 2.28. The fourth-order valence-corrected chi connectivity index (χ4v) is 3.00. The lowest BCUT2D eigenvalue weighted by atomic mass is 9.88. The van der Waals surface area contributed by atoms with Gasteiger partial charge in [0.1, 0.15) is 0 Å². The van der Waals surface area contributed by atoms with Crippen molar-refractivity contribution in [3.63, 3.8) is 0 Å². The fraction of sp³-hybridized carbons (Fsp3) is 0.0526. The number of rotatable bonds is 1. The van der Waals surface area contributed by atoms with E-state index in [1.807, 2.05) is 0 Å². The van der Waals surface area contributed by atoms with Crippen LogP contribution in [0.4, 0.5) is 0 Å². The number of hydrogen-bond donors (Lipinski definition) is 0. The monoisotopic (exact) mass is 242 g/mol. The molecule has 90 valence electrons. The highest BCUT2D eigenvalue weighted by atomic mass is 14.2. The van der Waals surface area contributed by atoms with Gasteiger partial charge in [0, 0.05) is 0 Å². The zero-order chi connectivity index (χ0) is 12.7. The highest BCUT2D eigenvalue weighted by molar-refractivity contribution is 6.00. The molecule has 0 heteroatoms. The predicted octanol–water partition coefficient (Wildman–Crippen LogP) is 5.08. The van der Waals surface area contributed by atoms with Gasteiger partial charge in [-0.25, -0.2) is 0 Å². The summed E-state index contributed by atoms with van der Waals surface area (Å²) in [6.45, 7) is 0. The van der Waals surface area contributed by atoms with Crippen molar-refractivity contribution in [2.75, 3.05) is 0 Å². The molecule has 0 radical (unpaired) electrons. The topological polar surface area (TPSA) is 0 Å². The van der Waals surface area contributed by atoms with Crippen LogP contribution in [0.1, 0.15) is 11.1 Å². The highest BCUT2D eigenvalue weighted by Gasteiger charge is 2.12. The van der Waals surface area contributed by atoms with E-state index in [1.54, 1.807) is 0 Å². The first-order chi connectivity index (χ1) is 9.43. The standard InChI is InChI=1S/C19H14/c1-2-6-14(7-3-1)17-13-12-16-9-4-8-15-10-5-11-18(17)19(15)16/h1-9,11-13H,10H2. The molecule has 0 fully saturated rings. The van der Waals surface area contributed by atoms with Crippen molar-refractivity contribution in [2.45, 2.75) is 6.42 Å². The van der Waals surface area contributed by atoms with Crippen molar-refractivity contribution >= 4 is 16.8 Å². The minimum absolute atomic E-state index is 1.04. The third kappa shape index (κ3) is 1.61. The van der Waals surface area contributed by atoms with E-state index < -0.39 is 0 Å². The molecule has 0 aliphatic heterocycles. The van der Waals surface area contributed by atoms with Crippen LogP contribution in [0.2, 0.25) is 0 Å². The lowest BCUT2D eigenvalue weighted by Crippen LogP contribution is -1.95. The van der Waals surface area contributed by atoms with Crippen LogP contribution in [0.15, 0.2) is 66.7 Å². The molecule has 4 rings (SSSR count). The third-order valence-corrected chi connectivity index (χ3v) is 3.88. The summed E-state index contributed by atoms with van der Waals surface area (Å²) in [4.78, 5) is 0. The van der Waals surface area contributed by atoms with E-state index in [9.17, 15) is 0 Å². The third-order valence-electron chi connectivity index (χ3n) is 3.88. The Bertz CT molecular complexity index is 780. The van der Waals surface area contributed by atoms with Crippen molar-refractivity contribution in [1.82, 2.24) is 0 Å². The lowest BCUT2D eigenvalue weighted by Gasteiger charge is -2.16. The van der Waals surface area contributed by atoms with Crippen molar-refractivity contribution in [3.8, 4) is 11.1 Å². The van der Waals surface area contributed by atoms with E-state index in [1.165, 1.54) is 33.0 Å². The Labute approximate surface area is 113 Å². The van der Waals surface area contributed by atoms with Crippen LogP contribution >= 0.6 is 0 Å². The smallest absolute Gasteiger partial charge is 0.00700 e. The van der Waals surface area contributed by atoms with Crippen LogP contribution < -0.4 is 0 Å². The molecule has 1 aliphatic rings. The molecule has 0 spiro atoms. The zero-order valence-corrected chi connectivity index (χ0v) is 10.6. The van der Waals surface area contributed by atoms with Crippen LogP contribution in [0, 0.1) is 0 Å². The first-order valence-corrected chi connectivity index (χ1v) is 6.70. The van der Waals surface area contributed by atoms with E-state index >= 15 is 0 Å². The van der Waals surface area contributed by atoms with Crippen molar-refractivity contribution in [2.24, 2.45) is 0 Å². The van der Waals surface area contributed by atoms with Crippen LogP contribution in [0.3, 0.4) is 0 Å². The van der Waals surface area contributed by atoms with Gasteiger partial charge in [-0.15, -0.1) is 0 Å². The molecule has 0 nitrogen and oxygen atoms in total. The van der Waals surface area contributed by atoms with E-state index in [0.717, 1.165) is 6.42 Å². The van der Waals surface area contributed by atoms with Crippen molar-refractivity contribution in [1.29, 1.82) is 0 Å². The van der Waals surface area contributed by atoms with Crippen LogP contribution in [0.5, 0.6) is 0 Å². The van der Waals surface area contributed by atoms with Gasteiger partial charge in [-0.05, 0) is 39.4 Å². The van der Waals surface area contributed by atoms with Gasteiger partial charge < -0.3 is 0 Å². The average molecular weight is 242 g/mol. The highest BCUT2D eigenvalue weighted by Crippen LogP contribution is 2.35. The maximum Gasteiger partial charge on any atom is -0.00700 e. The van der Waals surface area contributed by atoms with Gasteiger partial charge >= 0.3 is 0 Å². The second kappa shape index (κ2) is 4.10. The maximum absolute atomic E-state index is 2.28. The molecule has 3 aromatic carbocycles. The average Bonchev–Trinajstić information content (AvgIpc) is 2.49. The Morgan fingerprint density at radius 3 is 2.53 bits per heavy atom. The summed E-state index contributed by atoms with van der Waals surface area (Å²) in [6.07, 6.45) is 5.59. The minimum Gasteiger partial charge on any atom is -0.0795 e. The van der Waals surface area contributed by atoms with E-state index in [2.05, 4.69) is 72.8 Å². The summed E-state index contributed by atoms with van der Waals surface area (Å²) in [5.74, 6) is 0. The molecule has 0 saturated carbocycles. The van der Waals surface area contributed by atoms with Gasteiger partial charge in [-0.2, -0.15) is 0 Å². The maximum atomic E-state index is 2.28. The van der Waals surface area contributed by atoms with Crippen molar-refractivity contribution < 1.29 is 0 Å². The molecule has 0 atom stereocenters. The van der Waals surface area contributed by atoms with Crippen molar-refractivity contribution in [3.05, 3.63) is 77.9 Å². The van der Waals surface area contributed by atoms with E-state index in [-0.39, 0.29) is 0 Å². The molecule has 19 heavy (non-hydrogen) atoms. The summed E-state index contributed by atoms with van der Waals surface area (Å²) in [5, 5.41) is 2.77. The normalized spacial score (nSPS) is 12.8. The van der Waals surface area contributed by atoms with Gasteiger partial charge in [-0.3, -0.25) is 0 Å². The number of hydrogen-bond acceptors (Lipinski definition) is 0. The first-order valence-electron chi connectivity index (χ1n) is 6.70. The molecule has 3 aromatic rings. The predicted molar refractivity (Wildman–Crippen MR) is 82.1 cm³/mol. The molecule has 0 bridgehead atoms. The Hall–Kier alpha value is -2.34. The molecule has 1 aliphatic carbocycles. The van der Waals surface area contributed by atoms with Gasteiger partial charge in [0.2, 0.25) is 0 Å².